The fourth-order valence-corrected chi connectivity index (χ4v) is 2.60. The molecule has 22 heavy (non-hydrogen) atoms. The van der Waals surface area contributed by atoms with Crippen molar-refractivity contribution < 1.29 is 9.32 Å². The zero-order valence-corrected chi connectivity index (χ0v) is 13.6. The average Bonchev–Trinajstić information content (AvgIpc) is 3.10. The number of anilines is 1. The topological polar surface area (TPSA) is 55.1 Å². The lowest BCUT2D eigenvalue weighted by atomic mass is 9.93. The van der Waals surface area contributed by atoms with Crippen molar-refractivity contribution in [2.75, 3.05) is 5.32 Å². The Bertz CT molecular complexity index is 685. The molecular weight excluding hydrogens is 300 g/mol. The van der Waals surface area contributed by atoms with E-state index in [1.165, 1.54) is 0 Å². The van der Waals surface area contributed by atoms with Crippen molar-refractivity contribution in [3.05, 3.63) is 46.7 Å². The highest BCUT2D eigenvalue weighted by Crippen LogP contribution is 2.48. The van der Waals surface area contributed by atoms with Crippen LogP contribution in [0.15, 0.2) is 34.9 Å². The quantitative estimate of drug-likeness (QED) is 0.914. The Morgan fingerprint density at radius 2 is 2.00 bits per heavy atom. The summed E-state index contributed by atoms with van der Waals surface area (Å²) in [4.78, 5) is 12.3. The van der Waals surface area contributed by atoms with E-state index >= 15 is 0 Å². The number of amides is 1. The second-order valence-electron chi connectivity index (χ2n) is 6.82. The largest absolute Gasteiger partial charge is 0.359 e. The van der Waals surface area contributed by atoms with Crippen molar-refractivity contribution in [1.82, 2.24) is 5.16 Å². The molecule has 1 aliphatic rings. The van der Waals surface area contributed by atoms with Crippen LogP contribution < -0.4 is 5.32 Å². The van der Waals surface area contributed by atoms with Crippen molar-refractivity contribution in [1.29, 1.82) is 0 Å². The second kappa shape index (κ2) is 5.43. The van der Waals surface area contributed by atoms with E-state index in [4.69, 9.17) is 16.1 Å². The van der Waals surface area contributed by atoms with Gasteiger partial charge in [0, 0.05) is 22.4 Å². The first-order valence-electron chi connectivity index (χ1n) is 7.38. The molecule has 1 aliphatic carbocycles. The SMILES string of the molecule is CC(C)(C)c1cc(NC(=O)C2CC2c2ccc(Cl)cc2)no1. The predicted molar refractivity (Wildman–Crippen MR) is 86.1 cm³/mol. The van der Waals surface area contributed by atoms with E-state index < -0.39 is 0 Å². The summed E-state index contributed by atoms with van der Waals surface area (Å²) in [6.07, 6.45) is 0.859. The van der Waals surface area contributed by atoms with E-state index in [1.54, 1.807) is 6.07 Å². The van der Waals surface area contributed by atoms with Crippen LogP contribution in [0.25, 0.3) is 0 Å². The Morgan fingerprint density at radius 1 is 1.32 bits per heavy atom. The fraction of sp³-hybridized carbons (Fsp3) is 0.412. The molecule has 1 heterocycles. The second-order valence-corrected chi connectivity index (χ2v) is 7.25. The van der Waals surface area contributed by atoms with Gasteiger partial charge in [-0.15, -0.1) is 0 Å². The average molecular weight is 319 g/mol. The molecule has 2 aromatic rings. The van der Waals surface area contributed by atoms with Crippen LogP contribution in [0, 0.1) is 5.92 Å². The van der Waals surface area contributed by atoms with E-state index in [0.717, 1.165) is 17.7 Å². The molecule has 1 amide bonds. The van der Waals surface area contributed by atoms with Gasteiger partial charge in [-0.25, -0.2) is 0 Å². The summed E-state index contributed by atoms with van der Waals surface area (Å²) in [7, 11) is 0. The van der Waals surface area contributed by atoms with Gasteiger partial charge in [-0.3, -0.25) is 4.79 Å². The Kier molecular flexibility index (Phi) is 3.73. The fourth-order valence-electron chi connectivity index (χ4n) is 2.47. The molecule has 5 heteroatoms. The Balaban J connectivity index is 1.62. The summed E-state index contributed by atoms with van der Waals surface area (Å²) < 4.78 is 5.28. The highest BCUT2D eigenvalue weighted by Gasteiger charge is 2.44. The number of nitrogens with zero attached hydrogens (tertiary/aromatic N) is 1. The minimum absolute atomic E-state index is 0.00374. The van der Waals surface area contributed by atoms with Gasteiger partial charge in [0.1, 0.15) is 5.76 Å². The van der Waals surface area contributed by atoms with Crippen LogP contribution in [-0.2, 0) is 10.2 Å². The number of benzene rings is 1. The first-order chi connectivity index (χ1) is 10.3. The molecule has 4 nitrogen and oxygen atoms in total. The number of rotatable bonds is 3. The monoisotopic (exact) mass is 318 g/mol. The van der Waals surface area contributed by atoms with Crippen LogP contribution in [0.3, 0.4) is 0 Å². The van der Waals surface area contributed by atoms with Crippen LogP contribution in [0.4, 0.5) is 5.82 Å². The number of aromatic nitrogens is 1. The van der Waals surface area contributed by atoms with Crippen LogP contribution in [-0.4, -0.2) is 11.1 Å². The molecule has 0 radical (unpaired) electrons. The Morgan fingerprint density at radius 3 is 2.59 bits per heavy atom. The van der Waals surface area contributed by atoms with Gasteiger partial charge in [-0.05, 0) is 30.0 Å². The summed E-state index contributed by atoms with van der Waals surface area (Å²) in [6.45, 7) is 6.11. The van der Waals surface area contributed by atoms with Crippen LogP contribution in [0.5, 0.6) is 0 Å². The molecule has 0 aliphatic heterocycles. The first kappa shape index (κ1) is 15.1. The Labute approximate surface area is 134 Å². The maximum Gasteiger partial charge on any atom is 0.229 e. The van der Waals surface area contributed by atoms with Crippen molar-refractivity contribution in [3.63, 3.8) is 0 Å². The maximum atomic E-state index is 12.3. The highest BCUT2D eigenvalue weighted by atomic mass is 35.5. The molecular formula is C17H19ClN2O2. The summed E-state index contributed by atoms with van der Waals surface area (Å²) in [6, 6.07) is 9.47. The zero-order chi connectivity index (χ0) is 15.9. The first-order valence-corrected chi connectivity index (χ1v) is 7.76. The number of carbonyl (C=O) groups is 1. The Hall–Kier alpha value is -1.81. The van der Waals surface area contributed by atoms with Crippen LogP contribution >= 0.6 is 11.6 Å². The molecule has 2 atom stereocenters. The van der Waals surface area contributed by atoms with Gasteiger partial charge in [0.15, 0.2) is 5.82 Å². The van der Waals surface area contributed by atoms with Gasteiger partial charge in [0.2, 0.25) is 5.91 Å². The standard InChI is InChI=1S/C17H19ClN2O2/c1-17(2,3)14-9-15(20-22-14)19-16(21)13-8-12(13)10-4-6-11(18)7-5-10/h4-7,9,12-13H,8H2,1-3H3,(H,19,20,21). The predicted octanol–water partition coefficient (Wildman–Crippen LogP) is 4.37. The minimum Gasteiger partial charge on any atom is -0.359 e. The van der Waals surface area contributed by atoms with Crippen molar-refractivity contribution in [2.45, 2.75) is 38.5 Å². The molecule has 0 bridgehead atoms. The third kappa shape index (κ3) is 3.17. The molecule has 2 unspecified atom stereocenters. The lowest BCUT2D eigenvalue weighted by molar-refractivity contribution is -0.117. The third-order valence-electron chi connectivity index (χ3n) is 3.93. The van der Waals surface area contributed by atoms with Gasteiger partial charge >= 0.3 is 0 Å². The summed E-state index contributed by atoms with van der Waals surface area (Å²) >= 11 is 5.88. The van der Waals surface area contributed by atoms with Crippen LogP contribution in [0.2, 0.25) is 5.02 Å². The molecule has 0 spiro atoms. The van der Waals surface area contributed by atoms with Gasteiger partial charge in [-0.2, -0.15) is 0 Å². The summed E-state index contributed by atoms with van der Waals surface area (Å²) in [5.41, 5.74) is 1.03. The molecule has 1 N–H and O–H groups in total. The molecule has 1 saturated carbocycles. The number of halogens is 1. The van der Waals surface area contributed by atoms with E-state index in [-0.39, 0.29) is 23.2 Å². The highest BCUT2D eigenvalue weighted by molar-refractivity contribution is 6.30. The third-order valence-corrected chi connectivity index (χ3v) is 4.18. The van der Waals surface area contributed by atoms with E-state index in [0.29, 0.717) is 10.8 Å². The molecule has 1 fully saturated rings. The van der Waals surface area contributed by atoms with Gasteiger partial charge in [0.05, 0.1) is 0 Å². The normalized spacial score (nSPS) is 20.7. The van der Waals surface area contributed by atoms with Crippen molar-refractivity contribution >= 4 is 23.3 Å². The molecule has 1 aromatic carbocycles. The molecule has 1 aromatic heterocycles. The van der Waals surface area contributed by atoms with E-state index in [1.807, 2.05) is 45.0 Å². The summed E-state index contributed by atoms with van der Waals surface area (Å²) in [5.74, 6) is 1.50. The molecule has 0 saturated heterocycles. The number of carbonyl (C=O) groups excluding carboxylic acids is 1. The number of nitrogens with one attached hydrogen (secondary N) is 1. The van der Waals surface area contributed by atoms with Gasteiger partial charge < -0.3 is 9.84 Å². The van der Waals surface area contributed by atoms with Gasteiger partial charge in [-0.1, -0.05) is 49.7 Å². The summed E-state index contributed by atoms with van der Waals surface area (Å²) in [5, 5.41) is 7.47. The minimum atomic E-state index is -0.124. The number of hydrogen-bond donors (Lipinski definition) is 1. The van der Waals surface area contributed by atoms with E-state index in [9.17, 15) is 4.79 Å². The maximum absolute atomic E-state index is 12.3. The zero-order valence-electron chi connectivity index (χ0n) is 12.9. The smallest absolute Gasteiger partial charge is 0.229 e. The van der Waals surface area contributed by atoms with Crippen molar-refractivity contribution in [2.24, 2.45) is 5.92 Å². The molecule has 116 valence electrons. The number of hydrogen-bond acceptors (Lipinski definition) is 3. The van der Waals surface area contributed by atoms with Gasteiger partial charge in [0.25, 0.3) is 0 Å². The van der Waals surface area contributed by atoms with Crippen LogP contribution in [0.1, 0.15) is 44.4 Å². The lowest BCUT2D eigenvalue weighted by Gasteiger charge is -2.12. The van der Waals surface area contributed by atoms with Crippen molar-refractivity contribution in [3.8, 4) is 0 Å². The molecule has 3 rings (SSSR count). The van der Waals surface area contributed by atoms with E-state index in [2.05, 4.69) is 10.5 Å². The lowest BCUT2D eigenvalue weighted by Crippen LogP contribution is -2.15.